The van der Waals surface area contributed by atoms with Crippen molar-refractivity contribution >= 4 is 34.1 Å². The largest absolute Gasteiger partial charge is 0.478 e. The zero-order chi connectivity index (χ0) is 28.5. The number of benzene rings is 4. The average molecular weight is 540 g/mol. The highest BCUT2D eigenvalue weighted by atomic mass is 16.4. The van der Waals surface area contributed by atoms with Gasteiger partial charge in [0.15, 0.2) is 0 Å². The maximum absolute atomic E-state index is 13.8. The standard InChI is InChI=1S/C34H25N3O4/c1-21(22-11-14-25(15-12-22)34(40)41)36-33(39)29-18-28(23-7-3-2-4-8-23)19-31-35-20-30(37(29)31)32(38)27-16-13-24-9-5-6-10-26(24)17-27/h2-21H,1H3,(H,36,39)(H,40,41)/t21-/m0/s1. The molecular formula is C34H25N3O4. The Kier molecular flexibility index (Phi) is 6.61. The molecule has 2 aromatic heterocycles. The number of nitrogens with zero attached hydrogens (tertiary/aromatic N) is 2. The summed E-state index contributed by atoms with van der Waals surface area (Å²) in [6, 6.07) is 32.6. The number of carboxylic acid groups (broad SMARTS) is 1. The summed E-state index contributed by atoms with van der Waals surface area (Å²) in [6.45, 7) is 1.82. The van der Waals surface area contributed by atoms with E-state index in [4.69, 9.17) is 0 Å². The molecule has 0 aliphatic rings. The zero-order valence-electron chi connectivity index (χ0n) is 22.1. The Hall–Kier alpha value is -5.56. The van der Waals surface area contributed by atoms with E-state index in [0.29, 0.717) is 11.2 Å². The van der Waals surface area contributed by atoms with Crippen LogP contribution in [0.15, 0.2) is 115 Å². The first-order valence-electron chi connectivity index (χ1n) is 13.1. The fourth-order valence-corrected chi connectivity index (χ4v) is 4.99. The van der Waals surface area contributed by atoms with Crippen LogP contribution in [0, 0.1) is 0 Å². The molecule has 4 aromatic carbocycles. The molecule has 0 spiro atoms. The molecule has 0 radical (unpaired) electrons. The first kappa shape index (κ1) is 25.7. The molecular weight excluding hydrogens is 514 g/mol. The summed E-state index contributed by atoms with van der Waals surface area (Å²) in [4.78, 5) is 43.4. The molecule has 7 heteroatoms. The van der Waals surface area contributed by atoms with Crippen LogP contribution in [-0.4, -0.2) is 32.2 Å². The summed E-state index contributed by atoms with van der Waals surface area (Å²) in [7, 11) is 0. The first-order valence-corrected chi connectivity index (χ1v) is 13.1. The third-order valence-electron chi connectivity index (χ3n) is 7.20. The molecule has 0 fully saturated rings. The fraction of sp³-hybridized carbons (Fsp3) is 0.0588. The van der Waals surface area contributed by atoms with Crippen molar-refractivity contribution in [2.24, 2.45) is 0 Å². The van der Waals surface area contributed by atoms with Gasteiger partial charge in [-0.25, -0.2) is 9.78 Å². The van der Waals surface area contributed by atoms with Crippen LogP contribution in [0.2, 0.25) is 0 Å². The Morgan fingerprint density at radius 1 is 0.732 bits per heavy atom. The molecule has 0 saturated heterocycles. The number of pyridine rings is 1. The number of aromatic nitrogens is 2. The van der Waals surface area contributed by atoms with Crippen molar-refractivity contribution in [3.8, 4) is 11.1 Å². The second-order valence-corrected chi connectivity index (χ2v) is 9.85. The molecule has 2 N–H and O–H groups in total. The number of rotatable bonds is 7. The predicted octanol–water partition coefficient (Wildman–Crippen LogP) is 6.57. The van der Waals surface area contributed by atoms with Gasteiger partial charge in [0.2, 0.25) is 5.78 Å². The topological polar surface area (TPSA) is 101 Å². The van der Waals surface area contributed by atoms with Crippen molar-refractivity contribution in [1.29, 1.82) is 0 Å². The van der Waals surface area contributed by atoms with E-state index in [-0.39, 0.29) is 22.7 Å². The number of carbonyl (C=O) groups is 3. The van der Waals surface area contributed by atoms with Crippen LogP contribution in [0.1, 0.15) is 55.4 Å². The molecule has 0 saturated carbocycles. The van der Waals surface area contributed by atoms with Gasteiger partial charge in [-0.15, -0.1) is 0 Å². The molecule has 41 heavy (non-hydrogen) atoms. The second kappa shape index (κ2) is 10.5. The molecule has 0 aliphatic carbocycles. The van der Waals surface area contributed by atoms with E-state index in [2.05, 4.69) is 10.3 Å². The van der Waals surface area contributed by atoms with Crippen LogP contribution in [0.5, 0.6) is 0 Å². The van der Waals surface area contributed by atoms with E-state index < -0.39 is 17.9 Å². The molecule has 6 rings (SSSR count). The summed E-state index contributed by atoms with van der Waals surface area (Å²) in [5.74, 6) is -1.66. The third kappa shape index (κ3) is 4.96. The summed E-state index contributed by atoms with van der Waals surface area (Å²) >= 11 is 0. The number of nitrogens with one attached hydrogen (secondary N) is 1. The monoisotopic (exact) mass is 539 g/mol. The lowest BCUT2D eigenvalue weighted by Crippen LogP contribution is -2.29. The molecule has 6 aromatic rings. The summed E-state index contributed by atoms with van der Waals surface area (Å²) in [5.41, 5.74) is 4.12. The fourth-order valence-electron chi connectivity index (χ4n) is 4.99. The van der Waals surface area contributed by atoms with Crippen molar-refractivity contribution in [2.45, 2.75) is 13.0 Å². The van der Waals surface area contributed by atoms with Gasteiger partial charge in [-0.05, 0) is 64.7 Å². The normalized spacial score (nSPS) is 11.8. The highest BCUT2D eigenvalue weighted by Gasteiger charge is 2.22. The number of amides is 1. The number of ketones is 1. The van der Waals surface area contributed by atoms with E-state index in [1.165, 1.54) is 18.3 Å². The SMILES string of the molecule is C[C@H](NC(=O)c1cc(-c2ccccc2)cc2ncc(C(=O)c3ccc4ccccc4c3)n12)c1ccc(C(=O)O)cc1. The minimum absolute atomic E-state index is 0.166. The van der Waals surface area contributed by atoms with Crippen LogP contribution in [0.25, 0.3) is 27.5 Å². The lowest BCUT2D eigenvalue weighted by atomic mass is 10.0. The highest BCUT2D eigenvalue weighted by Crippen LogP contribution is 2.26. The van der Waals surface area contributed by atoms with Crippen molar-refractivity contribution in [2.75, 3.05) is 0 Å². The summed E-state index contributed by atoms with van der Waals surface area (Å²) < 4.78 is 1.60. The second-order valence-electron chi connectivity index (χ2n) is 9.85. The maximum atomic E-state index is 13.8. The lowest BCUT2D eigenvalue weighted by molar-refractivity contribution is 0.0696. The van der Waals surface area contributed by atoms with Gasteiger partial charge in [0.05, 0.1) is 17.8 Å². The molecule has 0 bridgehead atoms. The lowest BCUT2D eigenvalue weighted by Gasteiger charge is -2.17. The molecule has 0 unspecified atom stereocenters. The van der Waals surface area contributed by atoms with Gasteiger partial charge in [-0.1, -0.05) is 78.9 Å². The van der Waals surface area contributed by atoms with Gasteiger partial charge in [-0.3, -0.25) is 14.0 Å². The van der Waals surface area contributed by atoms with E-state index in [1.54, 1.807) is 28.7 Å². The zero-order valence-corrected chi connectivity index (χ0v) is 22.1. The Balaban J connectivity index is 1.42. The number of hydrogen-bond donors (Lipinski definition) is 2. The number of imidazole rings is 1. The van der Waals surface area contributed by atoms with Gasteiger partial charge in [0.1, 0.15) is 17.0 Å². The molecule has 2 heterocycles. The quantitative estimate of drug-likeness (QED) is 0.223. The van der Waals surface area contributed by atoms with E-state index >= 15 is 0 Å². The number of hydrogen-bond acceptors (Lipinski definition) is 4. The van der Waals surface area contributed by atoms with Gasteiger partial charge in [0, 0.05) is 5.56 Å². The van der Waals surface area contributed by atoms with Crippen LogP contribution in [-0.2, 0) is 0 Å². The molecule has 0 aliphatic heterocycles. The smallest absolute Gasteiger partial charge is 0.335 e. The Morgan fingerprint density at radius 2 is 1.41 bits per heavy atom. The maximum Gasteiger partial charge on any atom is 0.335 e. The van der Waals surface area contributed by atoms with Crippen LogP contribution in [0.3, 0.4) is 0 Å². The summed E-state index contributed by atoms with van der Waals surface area (Å²) in [5, 5.41) is 14.2. The van der Waals surface area contributed by atoms with Crippen molar-refractivity contribution in [1.82, 2.24) is 14.7 Å². The van der Waals surface area contributed by atoms with E-state index in [9.17, 15) is 19.5 Å². The highest BCUT2D eigenvalue weighted by molar-refractivity contribution is 6.11. The van der Waals surface area contributed by atoms with Gasteiger partial charge in [-0.2, -0.15) is 0 Å². The van der Waals surface area contributed by atoms with Crippen LogP contribution < -0.4 is 5.32 Å². The van der Waals surface area contributed by atoms with Gasteiger partial charge in [0.25, 0.3) is 5.91 Å². The van der Waals surface area contributed by atoms with Crippen molar-refractivity contribution in [3.05, 3.63) is 143 Å². The number of carboxylic acids is 1. The Bertz CT molecular complexity index is 1940. The third-order valence-corrected chi connectivity index (χ3v) is 7.20. The average Bonchev–Trinajstić information content (AvgIpc) is 3.44. The Morgan fingerprint density at radius 3 is 2.15 bits per heavy atom. The van der Waals surface area contributed by atoms with Crippen molar-refractivity contribution < 1.29 is 19.5 Å². The number of aromatic carboxylic acids is 1. The number of carbonyl (C=O) groups excluding carboxylic acids is 2. The van der Waals surface area contributed by atoms with E-state index in [1.807, 2.05) is 79.7 Å². The van der Waals surface area contributed by atoms with Gasteiger partial charge >= 0.3 is 5.97 Å². The molecule has 1 amide bonds. The Labute approximate surface area is 235 Å². The van der Waals surface area contributed by atoms with Crippen molar-refractivity contribution in [3.63, 3.8) is 0 Å². The predicted molar refractivity (Wildman–Crippen MR) is 157 cm³/mol. The van der Waals surface area contributed by atoms with Crippen LogP contribution in [0.4, 0.5) is 0 Å². The van der Waals surface area contributed by atoms with Crippen LogP contribution >= 0.6 is 0 Å². The molecule has 200 valence electrons. The first-order chi connectivity index (χ1) is 19.9. The minimum Gasteiger partial charge on any atom is -0.478 e. The van der Waals surface area contributed by atoms with Gasteiger partial charge < -0.3 is 10.4 Å². The molecule has 7 nitrogen and oxygen atoms in total. The summed E-state index contributed by atoms with van der Waals surface area (Å²) in [6.07, 6.45) is 1.51. The molecule has 1 atom stereocenters. The number of fused-ring (bicyclic) bond motifs is 2. The van der Waals surface area contributed by atoms with E-state index in [0.717, 1.165) is 27.5 Å². The minimum atomic E-state index is -1.02.